The number of carbonyl (C=O) groups excluding carboxylic acids is 1. The van der Waals surface area contributed by atoms with E-state index < -0.39 is 4.92 Å². The number of thiazole rings is 1. The highest BCUT2D eigenvalue weighted by atomic mass is 32.1. The summed E-state index contributed by atoms with van der Waals surface area (Å²) in [5.74, 6) is -0.300. The van der Waals surface area contributed by atoms with Crippen LogP contribution in [0.4, 0.5) is 11.4 Å². The van der Waals surface area contributed by atoms with Crippen molar-refractivity contribution < 1.29 is 9.72 Å². The molecule has 0 atom stereocenters. The number of nitro groups is 1. The number of hydrogen-bond donors (Lipinski definition) is 1. The lowest BCUT2D eigenvalue weighted by atomic mass is 10.1. The van der Waals surface area contributed by atoms with E-state index in [1.165, 1.54) is 6.07 Å². The van der Waals surface area contributed by atoms with Crippen LogP contribution in [0.25, 0.3) is 11.3 Å². The molecule has 4 rings (SSSR count). The molecule has 0 radical (unpaired) electrons. The molecule has 1 aliphatic heterocycles. The number of aromatic nitrogens is 1. The fourth-order valence-electron chi connectivity index (χ4n) is 3.80. The summed E-state index contributed by atoms with van der Waals surface area (Å²) in [4.78, 5) is 30.2. The zero-order valence-electron chi connectivity index (χ0n) is 17.3. The van der Waals surface area contributed by atoms with Crippen LogP contribution in [0.15, 0.2) is 47.8 Å². The first-order valence-electron chi connectivity index (χ1n) is 10.3. The minimum atomic E-state index is -0.407. The van der Waals surface area contributed by atoms with E-state index in [2.05, 4.69) is 10.3 Å². The van der Waals surface area contributed by atoms with Crippen LogP contribution in [0.1, 0.15) is 33.8 Å². The van der Waals surface area contributed by atoms with E-state index in [9.17, 15) is 14.9 Å². The van der Waals surface area contributed by atoms with Crippen LogP contribution in [-0.2, 0) is 6.42 Å². The van der Waals surface area contributed by atoms with Gasteiger partial charge in [-0.15, -0.1) is 11.3 Å². The molecule has 0 unspecified atom stereocenters. The summed E-state index contributed by atoms with van der Waals surface area (Å²) < 4.78 is 0. The predicted molar refractivity (Wildman–Crippen MR) is 123 cm³/mol. The van der Waals surface area contributed by atoms with Gasteiger partial charge in [0.15, 0.2) is 0 Å². The molecule has 7 nitrogen and oxygen atoms in total. The van der Waals surface area contributed by atoms with E-state index in [0.717, 1.165) is 47.8 Å². The Morgan fingerprint density at radius 1 is 1.19 bits per heavy atom. The lowest BCUT2D eigenvalue weighted by Crippen LogP contribution is -2.26. The summed E-state index contributed by atoms with van der Waals surface area (Å²) in [6.45, 7) is 4.07. The average Bonchev–Trinajstić information content (AvgIpc) is 3.46. The minimum Gasteiger partial charge on any atom is -0.366 e. The lowest BCUT2D eigenvalue weighted by molar-refractivity contribution is -0.384. The van der Waals surface area contributed by atoms with Gasteiger partial charge in [0.2, 0.25) is 0 Å². The average molecular weight is 437 g/mol. The summed E-state index contributed by atoms with van der Waals surface area (Å²) >= 11 is 1.63. The maximum Gasteiger partial charge on any atom is 0.293 e. The van der Waals surface area contributed by atoms with E-state index in [0.29, 0.717) is 24.2 Å². The standard InChI is InChI=1S/C23H24N4O3S/c1-16-25-20(15-31-16)18-6-4-17(5-7-18)10-11-24-23(28)19-8-9-21(22(14-19)27(29)30)26-12-2-3-13-26/h4-9,14-15H,2-3,10-13H2,1H3,(H,24,28). The third-order valence-corrected chi connectivity index (χ3v) is 6.22. The van der Waals surface area contributed by atoms with Crippen molar-refractivity contribution in [2.75, 3.05) is 24.5 Å². The van der Waals surface area contributed by atoms with Crippen molar-refractivity contribution in [3.8, 4) is 11.3 Å². The Morgan fingerprint density at radius 3 is 2.58 bits per heavy atom. The monoisotopic (exact) mass is 436 g/mol. The molecule has 8 heteroatoms. The second kappa shape index (κ2) is 9.26. The molecule has 0 saturated carbocycles. The van der Waals surface area contributed by atoms with E-state index in [-0.39, 0.29) is 11.6 Å². The number of rotatable bonds is 7. The van der Waals surface area contributed by atoms with Crippen molar-refractivity contribution in [2.24, 2.45) is 0 Å². The SMILES string of the molecule is Cc1nc(-c2ccc(CCNC(=O)c3ccc(N4CCCC4)c([N+](=O)[O-])c3)cc2)cs1. The van der Waals surface area contributed by atoms with Gasteiger partial charge >= 0.3 is 0 Å². The minimum absolute atomic E-state index is 0.0117. The molecular formula is C23H24N4O3S. The summed E-state index contributed by atoms with van der Waals surface area (Å²) in [7, 11) is 0. The van der Waals surface area contributed by atoms with Gasteiger partial charge in [-0.1, -0.05) is 24.3 Å². The summed E-state index contributed by atoms with van der Waals surface area (Å²) in [6, 6.07) is 12.9. The largest absolute Gasteiger partial charge is 0.366 e. The molecule has 3 aromatic rings. The van der Waals surface area contributed by atoms with Crippen LogP contribution < -0.4 is 10.2 Å². The maximum absolute atomic E-state index is 12.5. The Labute approximate surface area is 184 Å². The van der Waals surface area contributed by atoms with Crippen LogP contribution >= 0.6 is 11.3 Å². The Bertz CT molecular complexity index is 1090. The van der Waals surface area contributed by atoms with E-state index >= 15 is 0 Å². The topological polar surface area (TPSA) is 88.4 Å². The molecule has 1 amide bonds. The quantitative estimate of drug-likeness (QED) is 0.432. The fourth-order valence-corrected chi connectivity index (χ4v) is 4.42. The Morgan fingerprint density at radius 2 is 1.94 bits per heavy atom. The first kappa shape index (κ1) is 21.0. The van der Waals surface area contributed by atoms with Crippen LogP contribution in [0.3, 0.4) is 0 Å². The zero-order valence-corrected chi connectivity index (χ0v) is 18.2. The molecular weight excluding hydrogens is 412 g/mol. The number of nitro benzene ring substituents is 1. The molecule has 31 heavy (non-hydrogen) atoms. The van der Waals surface area contributed by atoms with Crippen LogP contribution in [0.2, 0.25) is 0 Å². The van der Waals surface area contributed by atoms with Gasteiger partial charge in [-0.2, -0.15) is 0 Å². The Balaban J connectivity index is 1.36. The van der Waals surface area contributed by atoms with Gasteiger partial charge in [0, 0.05) is 42.2 Å². The van der Waals surface area contributed by atoms with Gasteiger partial charge in [-0.25, -0.2) is 4.98 Å². The van der Waals surface area contributed by atoms with Crippen molar-refractivity contribution in [3.63, 3.8) is 0 Å². The Hall–Kier alpha value is -3.26. The smallest absolute Gasteiger partial charge is 0.293 e. The lowest BCUT2D eigenvalue weighted by Gasteiger charge is -2.17. The molecule has 2 heterocycles. The molecule has 0 spiro atoms. The summed E-state index contributed by atoms with van der Waals surface area (Å²) in [5.41, 5.74) is 4.04. The first-order chi connectivity index (χ1) is 15.0. The number of amides is 1. The van der Waals surface area contributed by atoms with Gasteiger partial charge in [-0.05, 0) is 43.9 Å². The molecule has 1 N–H and O–H groups in total. The third-order valence-electron chi connectivity index (χ3n) is 5.45. The highest BCUT2D eigenvalue weighted by Gasteiger charge is 2.23. The van der Waals surface area contributed by atoms with Crippen molar-refractivity contribution in [3.05, 3.63) is 74.1 Å². The number of anilines is 1. The van der Waals surface area contributed by atoms with Gasteiger partial charge in [0.05, 0.1) is 15.6 Å². The number of nitrogens with zero attached hydrogens (tertiary/aromatic N) is 3. The van der Waals surface area contributed by atoms with Crippen LogP contribution in [0.5, 0.6) is 0 Å². The van der Waals surface area contributed by atoms with Gasteiger partial charge in [0.1, 0.15) is 5.69 Å². The number of benzene rings is 2. The third kappa shape index (κ3) is 4.91. The van der Waals surface area contributed by atoms with Crippen LogP contribution in [-0.4, -0.2) is 35.4 Å². The second-order valence-corrected chi connectivity index (χ2v) is 8.67. The highest BCUT2D eigenvalue weighted by molar-refractivity contribution is 7.09. The van der Waals surface area contributed by atoms with Gasteiger partial charge in [-0.3, -0.25) is 14.9 Å². The van der Waals surface area contributed by atoms with E-state index in [4.69, 9.17) is 0 Å². The molecule has 0 bridgehead atoms. The molecule has 160 valence electrons. The zero-order chi connectivity index (χ0) is 21.8. The van der Waals surface area contributed by atoms with Crippen molar-refractivity contribution in [1.29, 1.82) is 0 Å². The van der Waals surface area contributed by atoms with E-state index in [1.807, 2.05) is 41.5 Å². The van der Waals surface area contributed by atoms with Crippen LogP contribution in [0, 0.1) is 17.0 Å². The van der Waals surface area contributed by atoms with Crippen molar-refractivity contribution in [2.45, 2.75) is 26.2 Å². The number of carbonyl (C=O) groups is 1. The van der Waals surface area contributed by atoms with Crippen molar-refractivity contribution in [1.82, 2.24) is 10.3 Å². The number of aryl methyl sites for hydroxylation is 1. The second-order valence-electron chi connectivity index (χ2n) is 7.61. The van der Waals surface area contributed by atoms with Gasteiger partial charge < -0.3 is 10.2 Å². The van der Waals surface area contributed by atoms with Gasteiger partial charge in [0.25, 0.3) is 11.6 Å². The number of hydrogen-bond acceptors (Lipinski definition) is 6. The first-order valence-corrected chi connectivity index (χ1v) is 11.2. The summed E-state index contributed by atoms with van der Waals surface area (Å²) in [5, 5.41) is 17.5. The molecule has 0 aliphatic carbocycles. The molecule has 2 aromatic carbocycles. The maximum atomic E-state index is 12.5. The number of nitrogens with one attached hydrogen (secondary N) is 1. The molecule has 1 aromatic heterocycles. The normalized spacial score (nSPS) is 13.4. The molecule has 1 aliphatic rings. The predicted octanol–water partition coefficient (Wildman–Crippen LogP) is 4.60. The molecule has 1 saturated heterocycles. The summed E-state index contributed by atoms with van der Waals surface area (Å²) in [6.07, 6.45) is 2.74. The highest BCUT2D eigenvalue weighted by Crippen LogP contribution is 2.31. The Kier molecular flexibility index (Phi) is 6.27. The fraction of sp³-hybridized carbons (Fsp3) is 0.304. The molecule has 1 fully saturated rings. The van der Waals surface area contributed by atoms with E-state index in [1.54, 1.807) is 23.5 Å². The van der Waals surface area contributed by atoms with Crippen molar-refractivity contribution >= 4 is 28.6 Å².